The highest BCUT2D eigenvalue weighted by Gasteiger charge is 2.30. The molecule has 2 rings (SSSR count). The zero-order valence-electron chi connectivity index (χ0n) is 16.6. The van der Waals surface area contributed by atoms with Gasteiger partial charge >= 0.3 is 0 Å². The molecule has 0 amide bonds. The summed E-state index contributed by atoms with van der Waals surface area (Å²) in [4.78, 5) is 4.49. The summed E-state index contributed by atoms with van der Waals surface area (Å²) >= 11 is 0. The van der Waals surface area contributed by atoms with Gasteiger partial charge in [0.2, 0.25) is 5.89 Å². The summed E-state index contributed by atoms with van der Waals surface area (Å²) in [6.07, 6.45) is 16.5. The van der Waals surface area contributed by atoms with Crippen molar-refractivity contribution >= 4 is 0 Å². The first-order chi connectivity index (χ1) is 11.8. The number of oxazole rings is 1. The lowest BCUT2D eigenvalue weighted by Gasteiger charge is -2.29. The van der Waals surface area contributed by atoms with Gasteiger partial charge in [-0.2, -0.15) is 0 Å². The Hall–Kier alpha value is -1.57. The van der Waals surface area contributed by atoms with E-state index in [0.29, 0.717) is 5.92 Å². The maximum atomic E-state index is 5.84. The monoisotopic (exact) mass is 331 g/mol. The zero-order chi connectivity index (χ0) is 18.4. The van der Waals surface area contributed by atoms with Crippen molar-refractivity contribution in [3.8, 4) is 0 Å². The van der Waals surface area contributed by atoms with Crippen LogP contribution in [-0.2, 0) is 0 Å². The Morgan fingerprint density at radius 1 is 1.21 bits per heavy atom. The Labute approximate surface area is 149 Å². The average Bonchev–Trinajstić information content (AvgIpc) is 3.08. The van der Waals surface area contributed by atoms with Crippen molar-refractivity contribution in [3.05, 3.63) is 54.3 Å². The minimum absolute atomic E-state index is 0.248. The molecule has 1 aliphatic rings. The average molecular weight is 332 g/mol. The number of aromatic nitrogens is 1. The van der Waals surface area contributed by atoms with Gasteiger partial charge in [0.15, 0.2) is 0 Å². The fraction of sp³-hybridized carbons (Fsp3) is 0.591. The Kier molecular flexibility index (Phi) is 12.9. The number of hydrogen-bond donors (Lipinski definition) is 0. The van der Waals surface area contributed by atoms with E-state index in [2.05, 4.69) is 23.7 Å². The van der Waals surface area contributed by atoms with Crippen LogP contribution in [0, 0.1) is 12.8 Å². The van der Waals surface area contributed by atoms with Gasteiger partial charge in [-0.1, -0.05) is 77.8 Å². The van der Waals surface area contributed by atoms with E-state index < -0.39 is 0 Å². The van der Waals surface area contributed by atoms with Crippen LogP contribution in [0.2, 0.25) is 0 Å². The predicted molar refractivity (Wildman–Crippen MR) is 106 cm³/mol. The third kappa shape index (κ3) is 6.90. The molecule has 0 saturated heterocycles. The van der Waals surface area contributed by atoms with Gasteiger partial charge in [-0.05, 0) is 38.2 Å². The first kappa shape index (κ1) is 22.4. The van der Waals surface area contributed by atoms with E-state index in [0.717, 1.165) is 11.7 Å². The minimum Gasteiger partial charge on any atom is -0.445 e. The quantitative estimate of drug-likeness (QED) is 0.526. The van der Waals surface area contributed by atoms with Gasteiger partial charge in [0.05, 0.1) is 12.1 Å². The molecule has 0 spiro atoms. The molecule has 1 aromatic heterocycles. The Balaban J connectivity index is 0.00000123. The van der Waals surface area contributed by atoms with E-state index >= 15 is 0 Å². The first-order valence-corrected chi connectivity index (χ1v) is 9.64. The molecule has 0 N–H and O–H groups in total. The fourth-order valence-corrected chi connectivity index (χ4v) is 3.11. The van der Waals surface area contributed by atoms with Gasteiger partial charge in [0.25, 0.3) is 0 Å². The number of hydrogen-bond acceptors (Lipinski definition) is 2. The zero-order valence-corrected chi connectivity index (χ0v) is 16.6. The van der Waals surface area contributed by atoms with Crippen molar-refractivity contribution in [2.75, 3.05) is 0 Å². The van der Waals surface area contributed by atoms with Gasteiger partial charge in [-0.25, -0.2) is 4.98 Å². The smallest absolute Gasteiger partial charge is 0.202 e. The molecular weight excluding hydrogens is 294 g/mol. The summed E-state index contributed by atoms with van der Waals surface area (Å²) in [6, 6.07) is 0. The van der Waals surface area contributed by atoms with E-state index in [-0.39, 0.29) is 5.92 Å². The molecule has 0 bridgehead atoms. The van der Waals surface area contributed by atoms with E-state index in [1.165, 1.54) is 37.7 Å². The molecule has 1 atom stereocenters. The maximum absolute atomic E-state index is 5.84. The highest BCUT2D eigenvalue weighted by Crippen LogP contribution is 2.40. The van der Waals surface area contributed by atoms with Crippen molar-refractivity contribution in [2.45, 2.75) is 79.6 Å². The minimum atomic E-state index is 0.248. The van der Waals surface area contributed by atoms with Crippen LogP contribution in [0.5, 0.6) is 0 Å². The highest BCUT2D eigenvalue weighted by atomic mass is 16.4. The molecule has 2 heteroatoms. The van der Waals surface area contributed by atoms with Crippen LogP contribution in [0.15, 0.2) is 47.1 Å². The molecule has 0 aliphatic heterocycles. The lowest BCUT2D eigenvalue weighted by molar-refractivity contribution is 0.293. The van der Waals surface area contributed by atoms with Crippen molar-refractivity contribution in [3.63, 3.8) is 0 Å². The fourth-order valence-electron chi connectivity index (χ4n) is 3.11. The molecule has 1 heterocycles. The molecule has 24 heavy (non-hydrogen) atoms. The second-order valence-corrected chi connectivity index (χ2v) is 5.58. The number of rotatable bonds is 5. The third-order valence-electron chi connectivity index (χ3n) is 4.10. The first-order valence-electron chi connectivity index (χ1n) is 9.64. The lowest BCUT2D eigenvalue weighted by Crippen LogP contribution is -2.18. The third-order valence-corrected chi connectivity index (χ3v) is 4.10. The normalized spacial score (nSPS) is 16.7. The van der Waals surface area contributed by atoms with Crippen LogP contribution in [0.4, 0.5) is 0 Å². The summed E-state index contributed by atoms with van der Waals surface area (Å²) < 4.78 is 5.84. The van der Waals surface area contributed by atoms with Crippen LogP contribution in [0.25, 0.3) is 0 Å². The Morgan fingerprint density at radius 2 is 1.83 bits per heavy atom. The molecule has 1 saturated carbocycles. The van der Waals surface area contributed by atoms with E-state index in [1.54, 1.807) is 0 Å². The summed E-state index contributed by atoms with van der Waals surface area (Å²) in [5.74, 6) is 2.61. The summed E-state index contributed by atoms with van der Waals surface area (Å²) in [6.45, 7) is 16.0. The van der Waals surface area contributed by atoms with Gasteiger partial charge in [0.1, 0.15) is 5.76 Å². The molecular formula is C22H37NO. The van der Waals surface area contributed by atoms with Crippen LogP contribution >= 0.6 is 0 Å². The Morgan fingerprint density at radius 3 is 2.29 bits per heavy atom. The maximum Gasteiger partial charge on any atom is 0.202 e. The molecule has 0 radical (unpaired) electrons. The molecule has 1 unspecified atom stereocenters. The standard InChI is InChI=1S/C18H25NO.2C2H6/c1-4-6-10-15(5-2)17(16-11-8-7-9-12-16)18-19-13-14(3)20-18;2*1-2/h4-6,10,13,16-17H,2,7-9,11-12H2,1,3H3;2*1-2H3/b6-4-,15-10+;;. The second kappa shape index (κ2) is 13.8. The molecule has 0 aromatic carbocycles. The topological polar surface area (TPSA) is 26.0 Å². The van der Waals surface area contributed by atoms with Gasteiger partial charge in [-0.3, -0.25) is 0 Å². The van der Waals surface area contributed by atoms with E-state index in [9.17, 15) is 0 Å². The molecule has 1 aromatic rings. The van der Waals surface area contributed by atoms with Crippen LogP contribution in [0.3, 0.4) is 0 Å². The number of nitrogens with zero attached hydrogens (tertiary/aromatic N) is 1. The van der Waals surface area contributed by atoms with Crippen molar-refractivity contribution in [2.24, 2.45) is 5.92 Å². The predicted octanol–water partition coefficient (Wildman–Crippen LogP) is 7.39. The largest absolute Gasteiger partial charge is 0.445 e. The molecule has 1 fully saturated rings. The molecule has 2 nitrogen and oxygen atoms in total. The van der Waals surface area contributed by atoms with Gasteiger partial charge in [0, 0.05) is 0 Å². The van der Waals surface area contributed by atoms with Gasteiger partial charge < -0.3 is 4.42 Å². The summed E-state index contributed by atoms with van der Waals surface area (Å²) in [5.41, 5.74) is 1.22. The second-order valence-electron chi connectivity index (χ2n) is 5.58. The van der Waals surface area contributed by atoms with Crippen molar-refractivity contribution < 1.29 is 4.42 Å². The number of allylic oxidation sites excluding steroid dienone is 5. The van der Waals surface area contributed by atoms with E-state index in [4.69, 9.17) is 4.42 Å². The summed E-state index contributed by atoms with van der Waals surface area (Å²) in [5, 5.41) is 0. The number of aryl methyl sites for hydroxylation is 1. The molecule has 1 aliphatic carbocycles. The van der Waals surface area contributed by atoms with Crippen LogP contribution in [-0.4, -0.2) is 4.98 Å². The molecule has 136 valence electrons. The van der Waals surface area contributed by atoms with Crippen LogP contribution < -0.4 is 0 Å². The van der Waals surface area contributed by atoms with Crippen LogP contribution in [0.1, 0.15) is 84.3 Å². The van der Waals surface area contributed by atoms with Gasteiger partial charge in [-0.15, -0.1) is 0 Å². The van der Waals surface area contributed by atoms with Crippen molar-refractivity contribution in [1.82, 2.24) is 4.98 Å². The Bertz CT molecular complexity index is 490. The van der Waals surface area contributed by atoms with E-state index in [1.807, 2.05) is 59.9 Å². The lowest BCUT2D eigenvalue weighted by atomic mass is 9.76. The SMILES string of the molecule is C=C/C(=C\C=C/C)C(c1ncc(C)o1)C1CCCCC1.CC.CC. The summed E-state index contributed by atoms with van der Waals surface area (Å²) in [7, 11) is 0. The van der Waals surface area contributed by atoms with Crippen molar-refractivity contribution in [1.29, 1.82) is 0 Å². The highest BCUT2D eigenvalue weighted by molar-refractivity contribution is 5.31.